The molecule has 3 aromatic rings. The van der Waals surface area contributed by atoms with Crippen molar-refractivity contribution in [3.8, 4) is 5.75 Å². The van der Waals surface area contributed by atoms with Gasteiger partial charge in [-0.05, 0) is 42.8 Å². The lowest BCUT2D eigenvalue weighted by Gasteiger charge is -2.22. The molecule has 0 bridgehead atoms. The Kier molecular flexibility index (Phi) is 4.99. The second-order valence-corrected chi connectivity index (χ2v) is 6.63. The number of fused-ring (bicyclic) bond motifs is 1. The first-order valence-electron chi connectivity index (χ1n) is 9.10. The largest absolute Gasteiger partial charge is 0.573 e. The summed E-state index contributed by atoms with van der Waals surface area (Å²) in [5, 5.41) is 8.42. The summed E-state index contributed by atoms with van der Waals surface area (Å²) < 4.78 is 42.6. The van der Waals surface area contributed by atoms with Gasteiger partial charge in [-0.2, -0.15) is 0 Å². The number of amides is 1. The average Bonchev–Trinajstić information content (AvgIpc) is 2.96. The van der Waals surface area contributed by atoms with Crippen LogP contribution in [-0.2, 0) is 0 Å². The number of alkyl halides is 3. The van der Waals surface area contributed by atoms with Gasteiger partial charge in [0.1, 0.15) is 5.75 Å². The molecule has 1 aromatic carbocycles. The first-order chi connectivity index (χ1) is 13.9. The van der Waals surface area contributed by atoms with Gasteiger partial charge in [-0.25, -0.2) is 0 Å². The monoisotopic (exact) mass is 405 g/mol. The van der Waals surface area contributed by atoms with Crippen LogP contribution < -0.4 is 9.64 Å². The standard InChI is InChI=1S/C19H18F3N5O2/c20-19(21,22)29-15-7-5-14(6-8-15)17(28)25-9-3-10-26(13-12-25)18-24-23-16-4-1-2-11-27(16)18/h1-2,4-8,11H,3,9-10,12-13H2. The number of nitrogens with zero attached hydrogens (tertiary/aromatic N) is 5. The molecule has 4 rings (SSSR count). The maximum absolute atomic E-state index is 12.8. The molecular weight excluding hydrogens is 387 g/mol. The highest BCUT2D eigenvalue weighted by molar-refractivity contribution is 5.94. The first kappa shape index (κ1) is 19.0. The minimum Gasteiger partial charge on any atom is -0.406 e. The summed E-state index contributed by atoms with van der Waals surface area (Å²) in [6.45, 7) is 2.32. The van der Waals surface area contributed by atoms with Gasteiger partial charge in [-0.15, -0.1) is 23.4 Å². The van der Waals surface area contributed by atoms with Crippen LogP contribution in [0.4, 0.5) is 19.1 Å². The lowest BCUT2D eigenvalue weighted by Crippen LogP contribution is -2.35. The van der Waals surface area contributed by atoms with Gasteiger partial charge in [-0.3, -0.25) is 9.20 Å². The van der Waals surface area contributed by atoms with Crippen LogP contribution in [0.2, 0.25) is 0 Å². The molecule has 0 radical (unpaired) electrons. The quantitative estimate of drug-likeness (QED) is 0.671. The van der Waals surface area contributed by atoms with Gasteiger partial charge in [0.05, 0.1) is 0 Å². The zero-order valence-electron chi connectivity index (χ0n) is 15.3. The Morgan fingerprint density at radius 3 is 2.52 bits per heavy atom. The summed E-state index contributed by atoms with van der Waals surface area (Å²) in [6.07, 6.45) is -2.13. The van der Waals surface area contributed by atoms with Crippen LogP contribution in [-0.4, -0.2) is 57.9 Å². The minimum absolute atomic E-state index is 0.225. The summed E-state index contributed by atoms with van der Waals surface area (Å²) in [6, 6.07) is 10.6. The smallest absolute Gasteiger partial charge is 0.406 e. The van der Waals surface area contributed by atoms with E-state index < -0.39 is 6.36 Å². The summed E-state index contributed by atoms with van der Waals surface area (Å²) >= 11 is 0. The van der Waals surface area contributed by atoms with Crippen molar-refractivity contribution in [1.82, 2.24) is 19.5 Å². The zero-order chi connectivity index (χ0) is 20.4. The molecule has 152 valence electrons. The highest BCUT2D eigenvalue weighted by Crippen LogP contribution is 2.23. The van der Waals surface area contributed by atoms with Crippen molar-refractivity contribution >= 4 is 17.5 Å². The number of ether oxygens (including phenoxy) is 1. The average molecular weight is 405 g/mol. The van der Waals surface area contributed by atoms with Crippen LogP contribution in [0.15, 0.2) is 48.7 Å². The van der Waals surface area contributed by atoms with Crippen LogP contribution >= 0.6 is 0 Å². The van der Waals surface area contributed by atoms with E-state index >= 15 is 0 Å². The fourth-order valence-corrected chi connectivity index (χ4v) is 3.35. The predicted octanol–water partition coefficient (Wildman–Crippen LogP) is 2.98. The number of aromatic nitrogens is 3. The van der Waals surface area contributed by atoms with Crippen molar-refractivity contribution in [3.05, 3.63) is 54.2 Å². The third-order valence-corrected chi connectivity index (χ3v) is 4.70. The lowest BCUT2D eigenvalue weighted by atomic mass is 10.2. The molecule has 0 atom stereocenters. The van der Waals surface area contributed by atoms with Crippen molar-refractivity contribution in [2.45, 2.75) is 12.8 Å². The number of halogens is 3. The summed E-state index contributed by atoms with van der Waals surface area (Å²) in [5.74, 6) is 0.148. The van der Waals surface area contributed by atoms with E-state index in [-0.39, 0.29) is 11.7 Å². The molecule has 1 saturated heterocycles. The van der Waals surface area contributed by atoms with Gasteiger partial charge in [0, 0.05) is 37.9 Å². The molecule has 10 heteroatoms. The van der Waals surface area contributed by atoms with E-state index in [4.69, 9.17) is 0 Å². The molecule has 0 saturated carbocycles. The number of benzene rings is 1. The van der Waals surface area contributed by atoms with Crippen LogP contribution in [0.1, 0.15) is 16.8 Å². The number of rotatable bonds is 3. The summed E-state index contributed by atoms with van der Waals surface area (Å²) in [5.41, 5.74) is 1.07. The van der Waals surface area contributed by atoms with E-state index in [9.17, 15) is 18.0 Å². The van der Waals surface area contributed by atoms with E-state index in [1.807, 2.05) is 28.8 Å². The molecular formula is C19H18F3N5O2. The zero-order valence-corrected chi connectivity index (χ0v) is 15.3. The summed E-state index contributed by atoms with van der Waals surface area (Å²) in [7, 11) is 0. The highest BCUT2D eigenvalue weighted by Gasteiger charge is 2.31. The van der Waals surface area contributed by atoms with E-state index in [0.29, 0.717) is 25.2 Å². The second kappa shape index (κ2) is 7.61. The molecule has 0 aliphatic carbocycles. The van der Waals surface area contributed by atoms with Crippen molar-refractivity contribution in [3.63, 3.8) is 0 Å². The van der Waals surface area contributed by atoms with Crippen LogP contribution in [0.25, 0.3) is 5.65 Å². The van der Waals surface area contributed by atoms with E-state index in [1.54, 1.807) is 4.90 Å². The molecule has 0 N–H and O–H groups in total. The normalized spacial score (nSPS) is 15.4. The molecule has 1 aliphatic rings. The lowest BCUT2D eigenvalue weighted by molar-refractivity contribution is -0.274. The van der Waals surface area contributed by atoms with E-state index in [1.165, 1.54) is 12.1 Å². The Bertz CT molecular complexity index is 1000. The number of carbonyl (C=O) groups is 1. The third kappa shape index (κ3) is 4.25. The first-order valence-corrected chi connectivity index (χ1v) is 9.10. The van der Waals surface area contributed by atoms with Gasteiger partial charge in [-0.1, -0.05) is 6.07 Å². The predicted molar refractivity (Wildman–Crippen MR) is 98.8 cm³/mol. The van der Waals surface area contributed by atoms with Crippen molar-refractivity contribution < 1.29 is 22.7 Å². The molecule has 0 spiro atoms. The van der Waals surface area contributed by atoms with Gasteiger partial charge in [0.2, 0.25) is 5.95 Å². The minimum atomic E-state index is -4.76. The fraction of sp³-hybridized carbons (Fsp3) is 0.316. The Hall–Kier alpha value is -3.30. The van der Waals surface area contributed by atoms with Crippen molar-refractivity contribution in [1.29, 1.82) is 0 Å². The maximum Gasteiger partial charge on any atom is 0.573 e. The second-order valence-electron chi connectivity index (χ2n) is 6.63. The topological polar surface area (TPSA) is 63.0 Å². The van der Waals surface area contributed by atoms with E-state index in [0.717, 1.165) is 36.7 Å². The van der Waals surface area contributed by atoms with Crippen LogP contribution in [0.5, 0.6) is 5.75 Å². The van der Waals surface area contributed by atoms with Crippen LogP contribution in [0.3, 0.4) is 0 Å². The number of hydrogen-bond donors (Lipinski definition) is 0. The van der Waals surface area contributed by atoms with Gasteiger partial charge >= 0.3 is 6.36 Å². The fourth-order valence-electron chi connectivity index (χ4n) is 3.35. The number of hydrogen-bond acceptors (Lipinski definition) is 5. The Balaban J connectivity index is 1.43. The van der Waals surface area contributed by atoms with E-state index in [2.05, 4.69) is 19.8 Å². The molecule has 1 amide bonds. The van der Waals surface area contributed by atoms with Gasteiger partial charge < -0.3 is 14.5 Å². The number of anilines is 1. The molecule has 7 nitrogen and oxygen atoms in total. The summed E-state index contributed by atoms with van der Waals surface area (Å²) in [4.78, 5) is 16.5. The Morgan fingerprint density at radius 1 is 0.966 bits per heavy atom. The van der Waals surface area contributed by atoms with Crippen LogP contribution in [0, 0.1) is 0 Å². The molecule has 2 aromatic heterocycles. The SMILES string of the molecule is O=C(c1ccc(OC(F)(F)F)cc1)N1CCCN(c2nnc3ccccn23)CC1. The number of carbonyl (C=O) groups excluding carboxylic acids is 1. The maximum atomic E-state index is 12.8. The third-order valence-electron chi connectivity index (χ3n) is 4.70. The molecule has 1 aliphatic heterocycles. The van der Waals surface area contributed by atoms with Gasteiger partial charge in [0.15, 0.2) is 5.65 Å². The molecule has 0 unspecified atom stereocenters. The van der Waals surface area contributed by atoms with Crippen molar-refractivity contribution in [2.75, 3.05) is 31.1 Å². The molecule has 3 heterocycles. The Labute approximate surface area is 164 Å². The Morgan fingerprint density at radius 2 is 1.76 bits per heavy atom. The molecule has 1 fully saturated rings. The number of pyridine rings is 1. The van der Waals surface area contributed by atoms with Crippen molar-refractivity contribution in [2.24, 2.45) is 0 Å². The van der Waals surface area contributed by atoms with Gasteiger partial charge in [0.25, 0.3) is 5.91 Å². The molecule has 29 heavy (non-hydrogen) atoms. The highest BCUT2D eigenvalue weighted by atomic mass is 19.4.